The van der Waals surface area contributed by atoms with Gasteiger partial charge in [-0.15, -0.1) is 22.7 Å². The molecule has 0 aliphatic carbocycles. The SMILES string of the molecule is CCC(CC)C(OC(=O)C(C)(C)C)c1ccc2c(c1)sc1c(OCCOC)c3c(sc4cc(C(OC(=O)C(C)(C)C)C(CC)CC)ccc4n3C)c(OCCCOC)c1n2C. The van der Waals surface area contributed by atoms with E-state index in [9.17, 15) is 9.59 Å². The summed E-state index contributed by atoms with van der Waals surface area (Å²) in [6.07, 6.45) is 3.47. The molecule has 2 atom stereocenters. The number of methoxy groups -OCH3 is 2. The number of fused-ring (bicyclic) bond motifs is 4. The van der Waals surface area contributed by atoms with Crippen molar-refractivity contribution in [3.05, 3.63) is 47.5 Å². The van der Waals surface area contributed by atoms with Gasteiger partial charge in [0.1, 0.15) is 29.8 Å². The minimum absolute atomic E-state index is 0.164. The fraction of sp³-hybridized carbons (Fsp3) is 0.592. The summed E-state index contributed by atoms with van der Waals surface area (Å²) in [5.41, 5.74) is 4.55. The maximum Gasteiger partial charge on any atom is 0.311 e. The molecule has 3 aromatic carbocycles. The lowest BCUT2D eigenvalue weighted by Gasteiger charge is -2.29. The zero-order valence-electron chi connectivity index (χ0n) is 39.1. The van der Waals surface area contributed by atoms with Crippen molar-refractivity contribution in [1.82, 2.24) is 9.13 Å². The summed E-state index contributed by atoms with van der Waals surface area (Å²) < 4.78 is 45.7. The van der Waals surface area contributed by atoms with Crippen LogP contribution in [0.1, 0.15) is 125 Å². The predicted molar refractivity (Wildman–Crippen MR) is 252 cm³/mol. The van der Waals surface area contributed by atoms with Gasteiger partial charge in [-0.05, 0) is 114 Å². The molecule has 0 saturated carbocycles. The first-order chi connectivity index (χ1) is 28.9. The summed E-state index contributed by atoms with van der Waals surface area (Å²) in [5, 5.41) is 0. The summed E-state index contributed by atoms with van der Waals surface area (Å²) in [4.78, 5) is 26.7. The van der Waals surface area contributed by atoms with Gasteiger partial charge in [-0.1, -0.05) is 39.8 Å². The Balaban J connectivity index is 1.86. The van der Waals surface area contributed by atoms with Crippen LogP contribution in [0.4, 0.5) is 0 Å². The molecule has 0 radical (unpaired) electrons. The molecule has 0 aliphatic heterocycles. The van der Waals surface area contributed by atoms with Crippen molar-refractivity contribution < 1.29 is 38.0 Å². The molecule has 2 aromatic heterocycles. The van der Waals surface area contributed by atoms with E-state index in [1.54, 1.807) is 36.9 Å². The molecule has 12 heteroatoms. The average molecular weight is 879 g/mol. The number of hydrogen-bond acceptors (Lipinski definition) is 10. The number of hydrogen-bond donors (Lipinski definition) is 0. The van der Waals surface area contributed by atoms with E-state index in [-0.39, 0.29) is 36.0 Å². The van der Waals surface area contributed by atoms with Gasteiger partial charge in [0, 0.05) is 41.3 Å². The number of benzene rings is 3. The van der Waals surface area contributed by atoms with Crippen molar-refractivity contribution in [2.24, 2.45) is 36.8 Å². The number of ether oxygens (including phenoxy) is 6. The van der Waals surface area contributed by atoms with E-state index in [1.807, 2.05) is 41.5 Å². The molecule has 0 bridgehead atoms. The fourth-order valence-electron chi connectivity index (χ4n) is 7.79. The Labute approximate surface area is 371 Å². The van der Waals surface area contributed by atoms with E-state index in [1.165, 1.54) is 0 Å². The normalized spacial score (nSPS) is 13.4. The molecule has 0 N–H and O–H groups in total. The number of aryl methyl sites for hydroxylation is 2. The summed E-state index contributed by atoms with van der Waals surface area (Å²) in [5.74, 6) is 1.42. The molecule has 5 aromatic rings. The van der Waals surface area contributed by atoms with Crippen molar-refractivity contribution in [3.8, 4) is 11.5 Å². The number of aromatic nitrogens is 2. The highest BCUT2D eigenvalue weighted by atomic mass is 32.1. The van der Waals surface area contributed by atoms with Gasteiger partial charge in [-0.3, -0.25) is 9.59 Å². The Morgan fingerprint density at radius 3 is 1.34 bits per heavy atom. The van der Waals surface area contributed by atoms with E-state index in [0.29, 0.717) is 32.8 Å². The van der Waals surface area contributed by atoms with Crippen LogP contribution in [0.2, 0.25) is 0 Å². The van der Waals surface area contributed by atoms with Crippen molar-refractivity contribution in [2.75, 3.05) is 40.6 Å². The predicted octanol–water partition coefficient (Wildman–Crippen LogP) is 12.8. The first-order valence-corrected chi connectivity index (χ1v) is 23.6. The third-order valence-electron chi connectivity index (χ3n) is 11.6. The van der Waals surface area contributed by atoms with E-state index >= 15 is 0 Å². The lowest BCUT2D eigenvalue weighted by atomic mass is 9.90. The molecule has 0 aliphatic rings. The van der Waals surface area contributed by atoms with E-state index in [4.69, 9.17) is 28.4 Å². The van der Waals surface area contributed by atoms with Crippen molar-refractivity contribution >= 4 is 75.5 Å². The third-order valence-corrected chi connectivity index (χ3v) is 13.9. The minimum atomic E-state index is -0.627. The molecule has 10 nitrogen and oxygen atoms in total. The highest BCUT2D eigenvalue weighted by Crippen LogP contribution is 2.50. The molecule has 0 amide bonds. The number of esters is 2. The summed E-state index contributed by atoms with van der Waals surface area (Å²) in [6, 6.07) is 12.9. The van der Waals surface area contributed by atoms with Crippen LogP contribution >= 0.6 is 22.7 Å². The monoisotopic (exact) mass is 878 g/mol. The van der Waals surface area contributed by atoms with E-state index < -0.39 is 10.8 Å². The Morgan fingerprint density at radius 1 is 0.590 bits per heavy atom. The number of carbonyl (C=O) groups excluding carboxylic acids is 2. The molecule has 5 rings (SSSR count). The van der Waals surface area contributed by atoms with Crippen molar-refractivity contribution in [3.63, 3.8) is 0 Å². The molecular formula is C49H70N2O8S2. The fourth-order valence-corrected chi connectivity index (χ4v) is 10.4. The van der Waals surface area contributed by atoms with Crippen LogP contribution in [-0.4, -0.2) is 61.7 Å². The van der Waals surface area contributed by atoms with E-state index in [2.05, 4.69) is 87.3 Å². The van der Waals surface area contributed by atoms with Crippen molar-refractivity contribution in [2.45, 2.75) is 114 Å². The van der Waals surface area contributed by atoms with Crippen molar-refractivity contribution in [1.29, 1.82) is 0 Å². The summed E-state index contributed by atoms with van der Waals surface area (Å²) in [7, 11) is 7.54. The minimum Gasteiger partial charge on any atom is -0.490 e. The van der Waals surface area contributed by atoms with Crippen LogP contribution in [0.3, 0.4) is 0 Å². The third kappa shape index (κ3) is 10.5. The first-order valence-electron chi connectivity index (χ1n) is 22.0. The molecule has 0 spiro atoms. The second-order valence-electron chi connectivity index (χ2n) is 18.1. The van der Waals surface area contributed by atoms with Crippen LogP contribution in [0, 0.1) is 22.7 Å². The Hall–Kier alpha value is -3.84. The molecule has 0 saturated heterocycles. The van der Waals surface area contributed by atoms with E-state index in [0.717, 1.165) is 89.2 Å². The number of nitrogens with zero attached hydrogens (tertiary/aromatic N) is 2. The van der Waals surface area contributed by atoms with Gasteiger partial charge < -0.3 is 37.6 Å². The smallest absolute Gasteiger partial charge is 0.311 e. The maximum absolute atomic E-state index is 13.4. The van der Waals surface area contributed by atoms with Gasteiger partial charge in [-0.2, -0.15) is 0 Å². The highest BCUT2D eigenvalue weighted by molar-refractivity contribution is 7.26. The van der Waals surface area contributed by atoms with Gasteiger partial charge in [-0.25, -0.2) is 0 Å². The van der Waals surface area contributed by atoms with Gasteiger partial charge in [0.05, 0.1) is 53.9 Å². The highest BCUT2D eigenvalue weighted by Gasteiger charge is 2.33. The van der Waals surface area contributed by atoms with Crippen LogP contribution < -0.4 is 9.47 Å². The Kier molecular flexibility index (Phi) is 16.2. The molecule has 2 heterocycles. The number of carbonyl (C=O) groups is 2. The second-order valence-corrected chi connectivity index (χ2v) is 20.2. The number of rotatable bonds is 19. The summed E-state index contributed by atoms with van der Waals surface area (Å²) in [6.45, 7) is 21.8. The molecule has 61 heavy (non-hydrogen) atoms. The van der Waals surface area contributed by atoms with Gasteiger partial charge in [0.25, 0.3) is 0 Å². The summed E-state index contributed by atoms with van der Waals surface area (Å²) >= 11 is 3.31. The van der Waals surface area contributed by atoms with Gasteiger partial charge in [0.15, 0.2) is 11.5 Å². The quantitative estimate of drug-likeness (QED) is 0.0459. The zero-order chi connectivity index (χ0) is 44.8. The van der Waals surface area contributed by atoms with Gasteiger partial charge >= 0.3 is 11.9 Å². The van der Waals surface area contributed by atoms with Crippen LogP contribution in [-0.2, 0) is 42.6 Å². The first kappa shape index (κ1) is 48.2. The molecular weight excluding hydrogens is 809 g/mol. The second kappa shape index (κ2) is 20.6. The Bertz CT molecular complexity index is 2340. The average Bonchev–Trinajstić information content (AvgIpc) is 3.22. The lowest BCUT2D eigenvalue weighted by Crippen LogP contribution is -2.28. The molecule has 2 unspecified atom stereocenters. The standard InChI is InChI=1S/C49H70N2O8S2/c1-15-30(16-2)40(58-46(52)48(5,6)7)32-21-23-35-36(28-32)60-44-39(51(35)12)43(57-27-26-55-14)45-38(42(44)56-25-19-24-54-13)50(11)34-22-20-33(29-37(34)61-45)41(31(17-3)18-4)59-47(53)49(8,9)10/h20-23,28-31,40-41H,15-19,24-27H2,1-14H3. The molecule has 0 fully saturated rings. The van der Waals surface area contributed by atoms with Crippen LogP contribution in [0.5, 0.6) is 11.5 Å². The zero-order valence-corrected chi connectivity index (χ0v) is 40.7. The van der Waals surface area contributed by atoms with Gasteiger partial charge in [0.2, 0.25) is 0 Å². The lowest BCUT2D eigenvalue weighted by molar-refractivity contribution is -0.163. The topological polar surface area (TPSA) is 99.4 Å². The maximum atomic E-state index is 13.4. The Morgan fingerprint density at radius 2 is 0.984 bits per heavy atom. The largest absolute Gasteiger partial charge is 0.490 e. The molecule has 336 valence electrons. The van der Waals surface area contributed by atoms with Crippen LogP contribution in [0.15, 0.2) is 36.4 Å². The van der Waals surface area contributed by atoms with Crippen LogP contribution in [0.25, 0.3) is 40.9 Å².